The topological polar surface area (TPSA) is 99.3 Å². The lowest BCUT2D eigenvalue weighted by Gasteiger charge is -2.08. The number of anilines is 1. The zero-order chi connectivity index (χ0) is 14.3. The fraction of sp³-hybridized carbons (Fsp3) is 0.364. The zero-order valence-corrected chi connectivity index (χ0v) is 11.7. The van der Waals surface area contributed by atoms with E-state index in [0.717, 1.165) is 5.69 Å². The molecule has 0 heterocycles. The maximum Gasteiger partial charge on any atom is 0.264 e. The number of carbonyl (C=O) groups excluding carboxylic acids is 1. The van der Waals surface area contributed by atoms with Crippen molar-refractivity contribution in [1.82, 2.24) is 15.5 Å². The van der Waals surface area contributed by atoms with E-state index in [1.54, 1.807) is 26.2 Å². The number of amides is 1. The summed E-state index contributed by atoms with van der Waals surface area (Å²) in [4.78, 5) is 11.5. The Balaban J connectivity index is 2.74. The van der Waals surface area contributed by atoms with Gasteiger partial charge in [-0.2, -0.15) is 0 Å². The van der Waals surface area contributed by atoms with Crippen LogP contribution < -0.4 is 20.9 Å². The quantitative estimate of drug-likeness (QED) is 0.511. The Morgan fingerprint density at radius 3 is 2.32 bits per heavy atom. The number of hydrogen-bond acceptors (Lipinski definition) is 6. The molecule has 7 nitrogen and oxygen atoms in total. The van der Waals surface area contributed by atoms with E-state index in [2.05, 4.69) is 16.2 Å². The molecule has 0 saturated carbocycles. The minimum atomic E-state index is -3.80. The van der Waals surface area contributed by atoms with Gasteiger partial charge in [-0.25, -0.2) is 18.6 Å². The molecule has 0 aliphatic rings. The van der Waals surface area contributed by atoms with Gasteiger partial charge in [0.05, 0.1) is 4.90 Å². The Morgan fingerprint density at radius 2 is 1.79 bits per heavy atom. The van der Waals surface area contributed by atoms with Gasteiger partial charge in [-0.3, -0.25) is 4.79 Å². The highest BCUT2D eigenvalue weighted by Crippen LogP contribution is 2.13. The van der Waals surface area contributed by atoms with Crippen molar-refractivity contribution < 1.29 is 13.2 Å². The molecule has 0 fully saturated rings. The molecule has 0 saturated heterocycles. The largest absolute Gasteiger partial charge is 0.322 e. The van der Waals surface area contributed by atoms with Crippen LogP contribution in [0.15, 0.2) is 29.2 Å². The smallest absolute Gasteiger partial charge is 0.264 e. The molecule has 1 amide bonds. The summed E-state index contributed by atoms with van der Waals surface area (Å²) in [7, 11) is -0.406. The summed E-state index contributed by atoms with van der Waals surface area (Å²) in [6, 6.07) is 6.05. The first kappa shape index (κ1) is 15.4. The molecule has 19 heavy (non-hydrogen) atoms. The van der Waals surface area contributed by atoms with E-state index in [-0.39, 0.29) is 11.3 Å². The molecule has 0 atom stereocenters. The fourth-order valence-corrected chi connectivity index (χ4v) is 2.37. The first-order chi connectivity index (χ1) is 8.99. The van der Waals surface area contributed by atoms with E-state index in [9.17, 15) is 13.2 Å². The van der Waals surface area contributed by atoms with Gasteiger partial charge in [0.1, 0.15) is 0 Å². The third-order valence-corrected chi connectivity index (χ3v) is 3.67. The van der Waals surface area contributed by atoms with Crippen LogP contribution in [0, 0.1) is 0 Å². The van der Waals surface area contributed by atoms with E-state index in [1.165, 1.54) is 12.1 Å². The van der Waals surface area contributed by atoms with Crippen LogP contribution in [-0.4, -0.2) is 35.0 Å². The van der Waals surface area contributed by atoms with Crippen LogP contribution in [-0.2, 0) is 14.8 Å². The van der Waals surface area contributed by atoms with Crippen LogP contribution in [0.5, 0.6) is 0 Å². The molecular formula is C11H18N4O3S. The third kappa shape index (κ3) is 4.86. The minimum absolute atomic E-state index is 0.0481. The summed E-state index contributed by atoms with van der Waals surface area (Å²) in [6.45, 7) is 0.423. The van der Waals surface area contributed by atoms with E-state index >= 15 is 0 Å². The monoisotopic (exact) mass is 286 g/mol. The first-order valence-corrected chi connectivity index (χ1v) is 7.21. The van der Waals surface area contributed by atoms with Gasteiger partial charge in [-0.1, -0.05) is 0 Å². The van der Waals surface area contributed by atoms with Crippen LogP contribution in [0.1, 0.15) is 6.42 Å². The molecule has 0 bridgehead atoms. The zero-order valence-electron chi connectivity index (χ0n) is 10.9. The Bertz CT molecular complexity index is 513. The van der Waals surface area contributed by atoms with Crippen LogP contribution in [0.2, 0.25) is 0 Å². The lowest BCUT2D eigenvalue weighted by atomic mass is 10.3. The summed E-state index contributed by atoms with van der Waals surface area (Å²) in [6.07, 6.45) is 0.106. The van der Waals surface area contributed by atoms with Crippen molar-refractivity contribution in [2.24, 2.45) is 0 Å². The van der Waals surface area contributed by atoms with Crippen molar-refractivity contribution >= 4 is 21.6 Å². The van der Waals surface area contributed by atoms with Gasteiger partial charge in [-0.05, 0) is 31.3 Å². The second-order valence-electron chi connectivity index (χ2n) is 3.78. The highest BCUT2D eigenvalue weighted by atomic mass is 32.2. The molecule has 0 aliphatic carbocycles. The molecule has 0 radical (unpaired) electrons. The van der Waals surface area contributed by atoms with Crippen LogP contribution in [0.3, 0.4) is 0 Å². The molecular weight excluding hydrogens is 268 g/mol. The summed E-state index contributed by atoms with van der Waals surface area (Å²) in [5.41, 5.74) is 6.26. The molecule has 8 heteroatoms. The SMILES string of the molecule is CNCCC(=O)NS(=O)(=O)c1ccc(NNC)cc1. The van der Waals surface area contributed by atoms with Gasteiger partial charge in [0, 0.05) is 25.7 Å². The summed E-state index contributed by atoms with van der Waals surface area (Å²) < 4.78 is 25.8. The van der Waals surface area contributed by atoms with Gasteiger partial charge in [-0.15, -0.1) is 0 Å². The second-order valence-corrected chi connectivity index (χ2v) is 5.46. The van der Waals surface area contributed by atoms with Crippen molar-refractivity contribution in [1.29, 1.82) is 0 Å². The van der Waals surface area contributed by atoms with Crippen molar-refractivity contribution in [3.8, 4) is 0 Å². The third-order valence-electron chi connectivity index (χ3n) is 2.28. The van der Waals surface area contributed by atoms with Gasteiger partial charge in [0.25, 0.3) is 10.0 Å². The Labute approximate surface area is 112 Å². The molecule has 0 unspecified atom stereocenters. The van der Waals surface area contributed by atoms with Crippen molar-refractivity contribution in [3.05, 3.63) is 24.3 Å². The number of hydrogen-bond donors (Lipinski definition) is 4. The average Bonchev–Trinajstić information content (AvgIpc) is 2.37. The Kier molecular flexibility index (Phi) is 5.74. The number of carbonyl (C=O) groups is 1. The van der Waals surface area contributed by atoms with E-state index < -0.39 is 15.9 Å². The van der Waals surface area contributed by atoms with E-state index in [0.29, 0.717) is 6.54 Å². The number of hydrazine groups is 1. The Morgan fingerprint density at radius 1 is 1.16 bits per heavy atom. The highest BCUT2D eigenvalue weighted by Gasteiger charge is 2.16. The maximum atomic E-state index is 11.9. The molecule has 0 spiro atoms. The molecule has 0 aliphatic heterocycles. The predicted molar refractivity (Wildman–Crippen MR) is 73.0 cm³/mol. The van der Waals surface area contributed by atoms with Crippen LogP contribution >= 0.6 is 0 Å². The summed E-state index contributed by atoms with van der Waals surface area (Å²) in [5.74, 6) is -0.535. The normalized spacial score (nSPS) is 11.1. The summed E-state index contributed by atoms with van der Waals surface area (Å²) in [5, 5.41) is 2.77. The number of benzene rings is 1. The predicted octanol–water partition coefficient (Wildman–Crippen LogP) is -0.353. The van der Waals surface area contributed by atoms with Gasteiger partial charge in [0.2, 0.25) is 5.91 Å². The molecule has 1 rings (SSSR count). The lowest BCUT2D eigenvalue weighted by Crippen LogP contribution is -2.32. The standard InChI is InChI=1S/C11H18N4O3S/c1-12-8-7-11(16)15-19(17,18)10-5-3-9(4-6-10)14-13-2/h3-6,12-14H,7-8H2,1-2H3,(H,15,16). The lowest BCUT2D eigenvalue weighted by molar-refractivity contribution is -0.119. The van der Waals surface area contributed by atoms with Crippen LogP contribution in [0.25, 0.3) is 0 Å². The first-order valence-electron chi connectivity index (χ1n) is 5.72. The maximum absolute atomic E-state index is 11.9. The van der Waals surface area contributed by atoms with E-state index in [1.807, 2.05) is 4.72 Å². The molecule has 1 aromatic carbocycles. The number of sulfonamides is 1. The highest BCUT2D eigenvalue weighted by molar-refractivity contribution is 7.90. The van der Waals surface area contributed by atoms with Crippen molar-refractivity contribution in [2.45, 2.75) is 11.3 Å². The number of rotatable bonds is 7. The van der Waals surface area contributed by atoms with Gasteiger partial charge >= 0.3 is 0 Å². The summed E-state index contributed by atoms with van der Waals surface area (Å²) >= 11 is 0. The molecule has 1 aromatic rings. The van der Waals surface area contributed by atoms with Gasteiger partial charge in [0.15, 0.2) is 0 Å². The number of nitrogens with one attached hydrogen (secondary N) is 4. The van der Waals surface area contributed by atoms with Gasteiger partial charge < -0.3 is 10.7 Å². The molecule has 4 N–H and O–H groups in total. The fourth-order valence-electron chi connectivity index (χ4n) is 1.36. The minimum Gasteiger partial charge on any atom is -0.322 e. The molecule has 0 aromatic heterocycles. The Hall–Kier alpha value is -1.64. The average molecular weight is 286 g/mol. The molecule has 106 valence electrons. The van der Waals surface area contributed by atoms with Crippen LogP contribution in [0.4, 0.5) is 5.69 Å². The van der Waals surface area contributed by atoms with Crippen molar-refractivity contribution in [3.63, 3.8) is 0 Å². The van der Waals surface area contributed by atoms with E-state index in [4.69, 9.17) is 0 Å². The van der Waals surface area contributed by atoms with Crippen molar-refractivity contribution in [2.75, 3.05) is 26.1 Å². The second kappa shape index (κ2) is 7.07.